The van der Waals surface area contributed by atoms with Crippen molar-refractivity contribution in [3.05, 3.63) is 70.9 Å². The topological polar surface area (TPSA) is 141 Å². The molecular formula is C32H35N3O7. The molecule has 2 amide bonds. The van der Waals surface area contributed by atoms with Crippen LogP contribution in [0, 0.1) is 5.92 Å². The van der Waals surface area contributed by atoms with E-state index in [9.17, 15) is 24.6 Å². The number of aromatic amines is 1. The van der Waals surface area contributed by atoms with Gasteiger partial charge >= 0.3 is 0 Å². The Bertz CT molecular complexity index is 1510. The van der Waals surface area contributed by atoms with Gasteiger partial charge in [-0.15, -0.1) is 0 Å². The summed E-state index contributed by atoms with van der Waals surface area (Å²) in [6.45, 7) is 0.123. The van der Waals surface area contributed by atoms with Crippen LogP contribution in [0.1, 0.15) is 46.8 Å². The number of nitrogens with zero attached hydrogens (tertiary/aromatic N) is 1. The molecule has 1 aromatic heterocycles. The van der Waals surface area contributed by atoms with E-state index in [-0.39, 0.29) is 25.0 Å². The second kappa shape index (κ2) is 11.6. The van der Waals surface area contributed by atoms with Crippen LogP contribution in [0.5, 0.6) is 11.5 Å². The number of hydrogen-bond donors (Lipinski definition) is 4. The van der Waals surface area contributed by atoms with Gasteiger partial charge in [-0.2, -0.15) is 0 Å². The van der Waals surface area contributed by atoms with Crippen LogP contribution in [-0.2, 0) is 16.0 Å². The molecule has 1 aliphatic heterocycles. The van der Waals surface area contributed by atoms with Crippen LogP contribution < -0.4 is 14.8 Å². The molecule has 0 saturated heterocycles. The van der Waals surface area contributed by atoms with Gasteiger partial charge in [0, 0.05) is 53.3 Å². The summed E-state index contributed by atoms with van der Waals surface area (Å²) < 4.78 is 11.8. The third-order valence-electron chi connectivity index (χ3n) is 8.72. The maximum absolute atomic E-state index is 13.8. The summed E-state index contributed by atoms with van der Waals surface area (Å²) in [5.41, 5.74) is 3.19. The number of carbonyl (C=O) groups excluding carboxylic acids is 3. The van der Waals surface area contributed by atoms with Gasteiger partial charge in [-0.05, 0) is 48.6 Å². The molecule has 0 radical (unpaired) electrons. The van der Waals surface area contributed by atoms with Gasteiger partial charge in [-0.1, -0.05) is 24.6 Å². The average Bonchev–Trinajstić information content (AvgIpc) is 3.57. The van der Waals surface area contributed by atoms with Crippen molar-refractivity contribution in [1.29, 1.82) is 0 Å². The third-order valence-corrected chi connectivity index (χ3v) is 8.72. The van der Waals surface area contributed by atoms with E-state index in [4.69, 9.17) is 9.47 Å². The molecule has 220 valence electrons. The summed E-state index contributed by atoms with van der Waals surface area (Å²) in [6, 6.07) is 12.4. The number of nitrogens with one attached hydrogen (secondary N) is 2. The summed E-state index contributed by atoms with van der Waals surface area (Å²) in [4.78, 5) is 44.2. The number of fused-ring (bicyclic) bond motifs is 4. The van der Waals surface area contributed by atoms with Crippen LogP contribution in [-0.4, -0.2) is 83.3 Å². The predicted octanol–water partition coefficient (Wildman–Crippen LogP) is 2.48. The van der Waals surface area contributed by atoms with E-state index in [1.807, 2.05) is 24.3 Å². The quantitative estimate of drug-likeness (QED) is 0.273. The molecule has 10 nitrogen and oxygen atoms in total. The molecule has 2 heterocycles. The molecule has 42 heavy (non-hydrogen) atoms. The maximum atomic E-state index is 13.8. The first-order chi connectivity index (χ1) is 20.4. The van der Waals surface area contributed by atoms with E-state index in [2.05, 4.69) is 16.4 Å². The van der Waals surface area contributed by atoms with Crippen LogP contribution in [0.4, 0.5) is 0 Å². The Balaban J connectivity index is 1.38. The standard InChI is InChI=1S/C32H35N3O7/c1-41-26-14-18(17-37)13-22-27-23(31(39)33-10-12-36)16-25(28(38)30(27)42-29(22)26)35(32(40)19-6-4-7-19)11-9-21-15-20-5-2-3-8-24(20)34-21/h2-3,5,8,13-17,19,25,27-28,30,34,36,38H,4,6-7,9-12H2,1H3,(H,33,39)/t25-,27+,28+,30+/m1/s1. The van der Waals surface area contributed by atoms with Crippen molar-refractivity contribution in [2.45, 2.75) is 49.9 Å². The Labute approximate surface area is 243 Å². The van der Waals surface area contributed by atoms with Crippen LogP contribution >= 0.6 is 0 Å². The zero-order valence-corrected chi connectivity index (χ0v) is 23.4. The SMILES string of the molecule is COc1cc(C=O)cc2c1O[C@@H]1[C@@H](O)[C@H](N(CCc3cc4ccccc4[nH]3)C(=O)C3CCC3)C=C(C(=O)NCCO)[C@H]21. The predicted molar refractivity (Wildman–Crippen MR) is 155 cm³/mol. The number of para-hydroxylation sites is 1. The average molecular weight is 574 g/mol. The lowest BCUT2D eigenvalue weighted by Crippen LogP contribution is -2.57. The Morgan fingerprint density at radius 1 is 1.21 bits per heavy atom. The van der Waals surface area contributed by atoms with Crippen molar-refractivity contribution >= 4 is 29.0 Å². The lowest BCUT2D eigenvalue weighted by Gasteiger charge is -2.42. The van der Waals surface area contributed by atoms with Crippen molar-refractivity contribution in [2.75, 3.05) is 26.8 Å². The smallest absolute Gasteiger partial charge is 0.247 e. The van der Waals surface area contributed by atoms with E-state index in [0.29, 0.717) is 47.5 Å². The lowest BCUT2D eigenvalue weighted by molar-refractivity contribution is -0.144. The Hall–Kier alpha value is -4.15. The summed E-state index contributed by atoms with van der Waals surface area (Å²) in [5, 5.41) is 25.0. The summed E-state index contributed by atoms with van der Waals surface area (Å²) in [6.07, 6.45) is 3.39. The van der Waals surface area contributed by atoms with Gasteiger partial charge in [0.25, 0.3) is 0 Å². The second-order valence-corrected chi connectivity index (χ2v) is 11.2. The largest absolute Gasteiger partial charge is 0.493 e. The number of H-pyrrole nitrogens is 1. The van der Waals surface area contributed by atoms with E-state index < -0.39 is 30.1 Å². The van der Waals surface area contributed by atoms with Gasteiger partial charge in [-0.25, -0.2) is 0 Å². The second-order valence-electron chi connectivity index (χ2n) is 11.2. The fourth-order valence-corrected chi connectivity index (χ4v) is 6.36. The van der Waals surface area contributed by atoms with Gasteiger partial charge in [-0.3, -0.25) is 14.4 Å². The first kappa shape index (κ1) is 28.0. The normalized spacial score (nSPS) is 22.8. The molecule has 4 N–H and O–H groups in total. The fraction of sp³-hybridized carbons (Fsp3) is 0.406. The fourth-order valence-electron chi connectivity index (χ4n) is 6.36. The molecule has 0 bridgehead atoms. The first-order valence-corrected chi connectivity index (χ1v) is 14.4. The molecule has 2 aliphatic carbocycles. The number of benzene rings is 2. The molecule has 6 rings (SSSR count). The highest BCUT2D eigenvalue weighted by Gasteiger charge is 2.52. The summed E-state index contributed by atoms with van der Waals surface area (Å²) in [5.74, 6) is -0.641. The molecule has 2 aromatic carbocycles. The monoisotopic (exact) mass is 573 g/mol. The highest BCUT2D eigenvalue weighted by molar-refractivity contribution is 5.96. The molecule has 0 unspecified atom stereocenters. The number of ether oxygens (including phenoxy) is 2. The zero-order chi connectivity index (χ0) is 29.4. The molecule has 1 fully saturated rings. The highest BCUT2D eigenvalue weighted by Crippen LogP contribution is 2.51. The van der Waals surface area contributed by atoms with E-state index in [1.165, 1.54) is 7.11 Å². The van der Waals surface area contributed by atoms with Crippen molar-refractivity contribution < 1.29 is 34.1 Å². The third kappa shape index (κ3) is 4.94. The number of aromatic nitrogens is 1. The Morgan fingerprint density at radius 3 is 2.71 bits per heavy atom. The molecule has 3 aliphatic rings. The minimum Gasteiger partial charge on any atom is -0.493 e. The molecule has 10 heteroatoms. The minimum absolute atomic E-state index is 0.0390. The zero-order valence-electron chi connectivity index (χ0n) is 23.4. The van der Waals surface area contributed by atoms with Crippen LogP contribution in [0.15, 0.2) is 54.1 Å². The molecular weight excluding hydrogens is 538 g/mol. The van der Waals surface area contributed by atoms with Gasteiger partial charge in [0.05, 0.1) is 25.7 Å². The Kier molecular flexibility index (Phi) is 7.74. The summed E-state index contributed by atoms with van der Waals surface area (Å²) >= 11 is 0. The number of carbonyl (C=O) groups is 3. The molecule has 1 saturated carbocycles. The van der Waals surface area contributed by atoms with Gasteiger partial charge in [0.15, 0.2) is 11.5 Å². The van der Waals surface area contributed by atoms with Crippen molar-refractivity contribution in [1.82, 2.24) is 15.2 Å². The van der Waals surface area contributed by atoms with Gasteiger partial charge in [0.1, 0.15) is 18.5 Å². The molecule has 0 spiro atoms. The maximum Gasteiger partial charge on any atom is 0.247 e. The molecule has 3 aromatic rings. The van der Waals surface area contributed by atoms with Crippen molar-refractivity contribution in [3.8, 4) is 11.5 Å². The molecule has 4 atom stereocenters. The number of rotatable bonds is 10. The lowest BCUT2D eigenvalue weighted by atomic mass is 9.76. The van der Waals surface area contributed by atoms with E-state index >= 15 is 0 Å². The Morgan fingerprint density at radius 2 is 2.02 bits per heavy atom. The van der Waals surface area contributed by atoms with E-state index in [0.717, 1.165) is 35.9 Å². The van der Waals surface area contributed by atoms with Crippen molar-refractivity contribution in [2.24, 2.45) is 5.92 Å². The van der Waals surface area contributed by atoms with Crippen LogP contribution in [0.3, 0.4) is 0 Å². The van der Waals surface area contributed by atoms with Crippen molar-refractivity contribution in [3.63, 3.8) is 0 Å². The number of aliphatic hydroxyl groups excluding tert-OH is 2. The summed E-state index contributed by atoms with van der Waals surface area (Å²) in [7, 11) is 1.46. The highest BCUT2D eigenvalue weighted by atomic mass is 16.5. The van der Waals surface area contributed by atoms with Gasteiger partial charge < -0.3 is 34.9 Å². The number of methoxy groups -OCH3 is 1. The van der Waals surface area contributed by atoms with Gasteiger partial charge in [0.2, 0.25) is 11.8 Å². The van der Waals surface area contributed by atoms with E-state index in [1.54, 1.807) is 23.1 Å². The number of hydrogen-bond acceptors (Lipinski definition) is 7. The number of aliphatic hydroxyl groups is 2. The van der Waals surface area contributed by atoms with Crippen LogP contribution in [0.2, 0.25) is 0 Å². The number of amides is 2. The van der Waals surface area contributed by atoms with Crippen LogP contribution in [0.25, 0.3) is 10.9 Å². The number of aldehydes is 1. The minimum atomic E-state index is -1.16. The first-order valence-electron chi connectivity index (χ1n) is 14.4.